The maximum absolute atomic E-state index is 5.23. The summed E-state index contributed by atoms with van der Waals surface area (Å²) >= 11 is 0. The molecule has 0 aliphatic carbocycles. The standard InChI is InChI=1S/C22H30N8O/c1-14(2)18-16(17-7-10-29(26-17)15(3)4)13-30-19(18)20(23-9-12-31-6)25-21(27-30)22-24-8-11-28(22)5/h7-8,10-11,13-15H,9,12H2,1-6H3,(H,23,25,27). The quantitative estimate of drug-likeness (QED) is 0.435. The molecule has 0 amide bonds. The van der Waals surface area contributed by atoms with Crippen molar-refractivity contribution in [3.05, 3.63) is 36.4 Å². The maximum atomic E-state index is 5.23. The number of methoxy groups -OCH3 is 1. The fourth-order valence-electron chi connectivity index (χ4n) is 3.73. The predicted molar refractivity (Wildman–Crippen MR) is 121 cm³/mol. The largest absolute Gasteiger partial charge is 0.383 e. The van der Waals surface area contributed by atoms with E-state index in [1.165, 1.54) is 5.56 Å². The lowest BCUT2D eigenvalue weighted by molar-refractivity contribution is 0.210. The Hall–Kier alpha value is -3.20. The fraction of sp³-hybridized carbons (Fsp3) is 0.455. The van der Waals surface area contributed by atoms with Crippen molar-refractivity contribution in [2.75, 3.05) is 25.6 Å². The third kappa shape index (κ3) is 3.93. The summed E-state index contributed by atoms with van der Waals surface area (Å²) in [5.41, 5.74) is 4.12. The van der Waals surface area contributed by atoms with E-state index in [0.717, 1.165) is 22.6 Å². The third-order valence-corrected chi connectivity index (χ3v) is 5.28. The zero-order valence-corrected chi connectivity index (χ0v) is 19.0. The van der Waals surface area contributed by atoms with Crippen LogP contribution in [0.5, 0.6) is 0 Å². The van der Waals surface area contributed by atoms with Crippen LogP contribution >= 0.6 is 0 Å². The van der Waals surface area contributed by atoms with Crippen molar-refractivity contribution in [3.8, 4) is 22.9 Å². The number of hydrogen-bond acceptors (Lipinski definition) is 6. The molecule has 0 saturated heterocycles. The molecule has 0 saturated carbocycles. The molecule has 0 fully saturated rings. The Morgan fingerprint density at radius 1 is 1.13 bits per heavy atom. The summed E-state index contributed by atoms with van der Waals surface area (Å²) in [4.78, 5) is 9.28. The highest BCUT2D eigenvalue weighted by atomic mass is 16.5. The normalized spacial score (nSPS) is 11.9. The van der Waals surface area contributed by atoms with Gasteiger partial charge < -0.3 is 14.6 Å². The zero-order valence-electron chi connectivity index (χ0n) is 19.0. The molecule has 0 spiro atoms. The highest BCUT2D eigenvalue weighted by Gasteiger charge is 2.23. The van der Waals surface area contributed by atoms with Gasteiger partial charge in [0.15, 0.2) is 11.6 Å². The van der Waals surface area contributed by atoms with Gasteiger partial charge in [0.2, 0.25) is 5.82 Å². The minimum Gasteiger partial charge on any atom is -0.383 e. The van der Waals surface area contributed by atoms with Crippen LogP contribution in [0.25, 0.3) is 28.4 Å². The summed E-state index contributed by atoms with van der Waals surface area (Å²) in [5, 5.41) is 13.1. The first-order chi connectivity index (χ1) is 14.9. The minimum atomic E-state index is 0.259. The lowest BCUT2D eigenvalue weighted by Gasteiger charge is -2.13. The molecular formula is C22H30N8O. The van der Waals surface area contributed by atoms with Gasteiger partial charge >= 0.3 is 0 Å². The van der Waals surface area contributed by atoms with Gasteiger partial charge in [-0.1, -0.05) is 13.8 Å². The van der Waals surface area contributed by atoms with Gasteiger partial charge in [0.25, 0.3) is 0 Å². The molecule has 0 atom stereocenters. The number of aromatic nitrogens is 7. The van der Waals surface area contributed by atoms with Crippen LogP contribution < -0.4 is 5.32 Å². The van der Waals surface area contributed by atoms with E-state index in [1.807, 2.05) is 39.4 Å². The molecule has 4 aromatic heterocycles. The summed E-state index contributed by atoms with van der Waals surface area (Å²) in [7, 11) is 3.63. The monoisotopic (exact) mass is 422 g/mol. The first-order valence-corrected chi connectivity index (χ1v) is 10.6. The van der Waals surface area contributed by atoms with Crippen LogP contribution in [0.15, 0.2) is 30.9 Å². The number of aryl methyl sites for hydroxylation is 1. The molecule has 9 nitrogen and oxygen atoms in total. The molecule has 0 radical (unpaired) electrons. The average Bonchev–Trinajstić information content (AvgIpc) is 3.45. The van der Waals surface area contributed by atoms with E-state index in [-0.39, 0.29) is 5.92 Å². The average molecular weight is 423 g/mol. The third-order valence-electron chi connectivity index (χ3n) is 5.28. The van der Waals surface area contributed by atoms with E-state index >= 15 is 0 Å². The van der Waals surface area contributed by atoms with Crippen LogP contribution in [0.2, 0.25) is 0 Å². The summed E-state index contributed by atoms with van der Waals surface area (Å²) < 4.78 is 11.0. The number of rotatable bonds is 8. The smallest absolute Gasteiger partial charge is 0.218 e. The molecule has 9 heteroatoms. The van der Waals surface area contributed by atoms with Crippen LogP contribution in [0.3, 0.4) is 0 Å². The number of nitrogens with zero attached hydrogens (tertiary/aromatic N) is 7. The first kappa shape index (κ1) is 21.0. The molecule has 0 aliphatic rings. The van der Waals surface area contributed by atoms with Crippen molar-refractivity contribution in [3.63, 3.8) is 0 Å². The molecule has 0 aliphatic heterocycles. The van der Waals surface area contributed by atoms with Crippen molar-refractivity contribution in [2.24, 2.45) is 7.05 Å². The van der Waals surface area contributed by atoms with Gasteiger partial charge in [-0.25, -0.2) is 14.5 Å². The van der Waals surface area contributed by atoms with Gasteiger partial charge in [-0.15, -0.1) is 5.10 Å². The van der Waals surface area contributed by atoms with Gasteiger partial charge in [-0.3, -0.25) is 4.68 Å². The van der Waals surface area contributed by atoms with Crippen molar-refractivity contribution >= 4 is 11.3 Å². The van der Waals surface area contributed by atoms with Crippen LogP contribution in [-0.2, 0) is 11.8 Å². The van der Waals surface area contributed by atoms with E-state index in [9.17, 15) is 0 Å². The van der Waals surface area contributed by atoms with E-state index in [4.69, 9.17) is 19.9 Å². The Kier molecular flexibility index (Phi) is 5.77. The molecule has 1 N–H and O–H groups in total. The van der Waals surface area contributed by atoms with Crippen molar-refractivity contribution in [1.82, 2.24) is 33.9 Å². The Labute approximate surface area is 182 Å². The number of fused-ring (bicyclic) bond motifs is 1. The molecule has 4 aromatic rings. The molecule has 0 unspecified atom stereocenters. The summed E-state index contributed by atoms with van der Waals surface area (Å²) in [6, 6.07) is 2.36. The van der Waals surface area contributed by atoms with Gasteiger partial charge in [-0.2, -0.15) is 5.10 Å². The first-order valence-electron chi connectivity index (χ1n) is 10.6. The van der Waals surface area contributed by atoms with Crippen molar-refractivity contribution in [1.29, 1.82) is 0 Å². The highest BCUT2D eigenvalue weighted by molar-refractivity contribution is 5.83. The van der Waals surface area contributed by atoms with Gasteiger partial charge in [0.05, 0.1) is 12.3 Å². The van der Waals surface area contributed by atoms with Crippen LogP contribution in [0.4, 0.5) is 5.82 Å². The molecular weight excluding hydrogens is 392 g/mol. The second-order valence-corrected chi connectivity index (χ2v) is 8.24. The van der Waals surface area contributed by atoms with E-state index in [0.29, 0.717) is 30.8 Å². The number of imidazole rings is 1. The maximum Gasteiger partial charge on any atom is 0.218 e. The summed E-state index contributed by atoms with van der Waals surface area (Å²) in [6.07, 6.45) is 7.71. The Morgan fingerprint density at radius 2 is 1.94 bits per heavy atom. The number of nitrogens with one attached hydrogen (secondary N) is 1. The van der Waals surface area contributed by atoms with Gasteiger partial charge in [-0.05, 0) is 31.4 Å². The Morgan fingerprint density at radius 3 is 2.55 bits per heavy atom. The number of anilines is 1. The van der Waals surface area contributed by atoms with Crippen LogP contribution in [-0.4, -0.2) is 54.2 Å². The van der Waals surface area contributed by atoms with Gasteiger partial charge in [0.1, 0.15) is 5.52 Å². The topological polar surface area (TPSA) is 87.1 Å². The lowest BCUT2D eigenvalue weighted by atomic mass is 9.98. The number of ether oxygens (including phenoxy) is 1. The van der Waals surface area contributed by atoms with Crippen LogP contribution in [0.1, 0.15) is 45.2 Å². The molecule has 164 valence electrons. The summed E-state index contributed by atoms with van der Waals surface area (Å²) in [5.74, 6) is 2.30. The minimum absolute atomic E-state index is 0.259. The van der Waals surface area contributed by atoms with E-state index in [1.54, 1.807) is 13.3 Å². The molecule has 0 aromatic carbocycles. The van der Waals surface area contributed by atoms with Crippen molar-refractivity contribution in [2.45, 2.75) is 39.7 Å². The molecule has 4 heterocycles. The molecule has 4 rings (SSSR count). The Balaban J connectivity index is 1.94. The number of hydrogen-bond donors (Lipinski definition) is 1. The zero-order chi connectivity index (χ0) is 22.1. The van der Waals surface area contributed by atoms with Crippen molar-refractivity contribution < 1.29 is 4.74 Å². The fourth-order valence-corrected chi connectivity index (χ4v) is 3.73. The lowest BCUT2D eigenvalue weighted by Crippen LogP contribution is -2.13. The highest BCUT2D eigenvalue weighted by Crippen LogP contribution is 2.36. The SMILES string of the molecule is COCCNc1nc(-c2nccn2C)nn2cc(-c3ccn(C(C)C)n3)c(C(C)C)c12. The van der Waals surface area contributed by atoms with Gasteiger partial charge in [0, 0.05) is 57.1 Å². The molecule has 0 bridgehead atoms. The van der Waals surface area contributed by atoms with E-state index in [2.05, 4.69) is 44.1 Å². The van der Waals surface area contributed by atoms with E-state index < -0.39 is 0 Å². The molecule has 31 heavy (non-hydrogen) atoms. The second kappa shape index (κ2) is 8.50. The predicted octanol–water partition coefficient (Wildman–Crippen LogP) is 3.76. The summed E-state index contributed by atoms with van der Waals surface area (Å²) in [6.45, 7) is 9.84. The second-order valence-electron chi connectivity index (χ2n) is 8.24. The van der Waals surface area contributed by atoms with Crippen LogP contribution in [0, 0.1) is 0 Å². The Bertz CT molecular complexity index is 1180.